The van der Waals surface area contributed by atoms with Crippen LogP contribution in [0, 0.1) is 11.8 Å². The summed E-state index contributed by atoms with van der Waals surface area (Å²) in [5.74, 6) is 6.04. The molecule has 0 radical (unpaired) electrons. The van der Waals surface area contributed by atoms with Crippen LogP contribution in [-0.2, 0) is 0 Å². The first-order valence-electron chi connectivity index (χ1n) is 5.85. The quantitative estimate of drug-likeness (QED) is 0.529. The van der Waals surface area contributed by atoms with Crippen molar-refractivity contribution in [3.05, 3.63) is 84.4 Å². The van der Waals surface area contributed by atoms with Gasteiger partial charge < -0.3 is 0 Å². The van der Waals surface area contributed by atoms with Crippen molar-refractivity contribution in [3.8, 4) is 11.8 Å². The maximum Gasteiger partial charge on any atom is 0.0327 e. The van der Waals surface area contributed by atoms with Gasteiger partial charge in [0.05, 0.1) is 0 Å². The van der Waals surface area contributed by atoms with E-state index in [-0.39, 0.29) is 0 Å². The fraction of sp³-hybridized carbons (Fsp3) is 0. The van der Waals surface area contributed by atoms with Gasteiger partial charge in [0.2, 0.25) is 0 Å². The second kappa shape index (κ2) is 6.27. The molecule has 2 rings (SSSR count). The molecule has 0 saturated heterocycles. The summed E-state index contributed by atoms with van der Waals surface area (Å²) < 4.78 is 0. The highest BCUT2D eigenvalue weighted by atomic mass is 14.0. The fourth-order valence-electron chi connectivity index (χ4n) is 1.65. The molecule has 86 valence electrons. The number of allylic oxidation sites excluding steroid dienone is 2. The molecule has 0 heteroatoms. The molecule has 0 aliphatic carbocycles. The number of hydrogen-bond acceptors (Lipinski definition) is 0. The lowest BCUT2D eigenvalue weighted by molar-refractivity contribution is 1.62. The SMILES string of the molecule is C=CC#CC(=Cc1ccccc1)c1ccccc1. The minimum absolute atomic E-state index is 1.00. The van der Waals surface area contributed by atoms with Gasteiger partial charge >= 0.3 is 0 Å². The fourth-order valence-corrected chi connectivity index (χ4v) is 1.65. The van der Waals surface area contributed by atoms with Crippen LogP contribution >= 0.6 is 0 Å². The Balaban J connectivity index is 2.44. The van der Waals surface area contributed by atoms with E-state index < -0.39 is 0 Å². The number of rotatable bonds is 2. The van der Waals surface area contributed by atoms with Crippen molar-refractivity contribution in [1.29, 1.82) is 0 Å². The van der Waals surface area contributed by atoms with Crippen LogP contribution in [0.1, 0.15) is 11.1 Å². The highest BCUT2D eigenvalue weighted by Gasteiger charge is 1.97. The summed E-state index contributed by atoms with van der Waals surface area (Å²) in [6.07, 6.45) is 3.70. The van der Waals surface area contributed by atoms with Gasteiger partial charge in [-0.3, -0.25) is 0 Å². The molecule has 0 nitrogen and oxygen atoms in total. The van der Waals surface area contributed by atoms with Gasteiger partial charge in [0.1, 0.15) is 0 Å². The molecular weight excluding hydrogens is 216 g/mol. The van der Waals surface area contributed by atoms with Gasteiger partial charge in [0.25, 0.3) is 0 Å². The van der Waals surface area contributed by atoms with Crippen LogP contribution in [0.25, 0.3) is 11.6 Å². The summed E-state index contributed by atoms with van der Waals surface area (Å²) in [4.78, 5) is 0. The Hall–Kier alpha value is -2.52. The molecule has 0 unspecified atom stereocenters. The van der Waals surface area contributed by atoms with Gasteiger partial charge in [0.15, 0.2) is 0 Å². The molecule has 0 amide bonds. The Morgan fingerprint density at radius 1 is 0.889 bits per heavy atom. The van der Waals surface area contributed by atoms with Crippen LogP contribution in [0.3, 0.4) is 0 Å². The second-order valence-corrected chi connectivity index (χ2v) is 3.81. The predicted molar refractivity (Wildman–Crippen MR) is 78.7 cm³/mol. The Morgan fingerprint density at radius 2 is 1.50 bits per heavy atom. The van der Waals surface area contributed by atoms with Crippen LogP contribution in [0.2, 0.25) is 0 Å². The van der Waals surface area contributed by atoms with Gasteiger partial charge in [-0.05, 0) is 23.3 Å². The van der Waals surface area contributed by atoms with Crippen molar-refractivity contribution in [2.24, 2.45) is 0 Å². The van der Waals surface area contributed by atoms with Crippen LogP contribution in [0.15, 0.2) is 73.3 Å². The van der Waals surface area contributed by atoms with Gasteiger partial charge in [0, 0.05) is 5.57 Å². The first-order chi connectivity index (χ1) is 8.90. The molecule has 0 spiro atoms. The van der Waals surface area contributed by atoms with Crippen LogP contribution in [0.4, 0.5) is 0 Å². The average molecular weight is 230 g/mol. The first-order valence-corrected chi connectivity index (χ1v) is 5.85. The summed E-state index contributed by atoms with van der Waals surface area (Å²) in [6, 6.07) is 20.4. The number of hydrogen-bond donors (Lipinski definition) is 0. The maximum absolute atomic E-state index is 3.63. The zero-order valence-electron chi connectivity index (χ0n) is 10.1. The van der Waals surface area contributed by atoms with Crippen LogP contribution < -0.4 is 0 Å². The molecule has 0 atom stereocenters. The third-order valence-corrected chi connectivity index (χ3v) is 2.50. The van der Waals surface area contributed by atoms with Crippen molar-refractivity contribution in [3.63, 3.8) is 0 Å². The van der Waals surface area contributed by atoms with Crippen molar-refractivity contribution in [1.82, 2.24) is 0 Å². The summed E-state index contributed by atoms with van der Waals surface area (Å²) in [7, 11) is 0. The third kappa shape index (κ3) is 3.23. The van der Waals surface area contributed by atoms with E-state index in [1.807, 2.05) is 36.4 Å². The van der Waals surface area contributed by atoms with E-state index in [0.29, 0.717) is 0 Å². The van der Waals surface area contributed by atoms with Gasteiger partial charge in [-0.2, -0.15) is 0 Å². The summed E-state index contributed by atoms with van der Waals surface area (Å²) in [5.41, 5.74) is 3.27. The molecule has 0 heterocycles. The van der Waals surface area contributed by atoms with Gasteiger partial charge in [-0.1, -0.05) is 79.1 Å². The van der Waals surface area contributed by atoms with E-state index in [1.54, 1.807) is 6.08 Å². The lowest BCUT2D eigenvalue weighted by Gasteiger charge is -2.00. The minimum Gasteiger partial charge on any atom is -0.0906 e. The Kier molecular flexibility index (Phi) is 4.16. The Morgan fingerprint density at radius 3 is 2.11 bits per heavy atom. The number of benzene rings is 2. The second-order valence-electron chi connectivity index (χ2n) is 3.81. The van der Waals surface area contributed by atoms with Crippen molar-refractivity contribution in [2.75, 3.05) is 0 Å². The highest BCUT2D eigenvalue weighted by Crippen LogP contribution is 2.17. The molecule has 18 heavy (non-hydrogen) atoms. The van der Waals surface area contributed by atoms with E-state index in [0.717, 1.165) is 16.7 Å². The van der Waals surface area contributed by atoms with Crippen LogP contribution in [-0.4, -0.2) is 0 Å². The smallest absolute Gasteiger partial charge is 0.0327 e. The molecular formula is C18H14. The average Bonchev–Trinajstić information content (AvgIpc) is 2.45. The molecule has 0 aromatic heterocycles. The summed E-state index contributed by atoms with van der Waals surface area (Å²) >= 11 is 0. The highest BCUT2D eigenvalue weighted by molar-refractivity contribution is 5.91. The van der Waals surface area contributed by atoms with Crippen molar-refractivity contribution >= 4 is 11.6 Å². The largest absolute Gasteiger partial charge is 0.0906 e. The van der Waals surface area contributed by atoms with E-state index in [2.05, 4.69) is 48.8 Å². The Labute approximate surface area is 108 Å². The standard InChI is InChI=1S/C18H14/c1-2-3-12-18(17-13-8-5-9-14-17)15-16-10-6-4-7-11-16/h2,4-11,13-15H,1H2. The third-order valence-electron chi connectivity index (χ3n) is 2.50. The zero-order chi connectivity index (χ0) is 12.6. The monoisotopic (exact) mass is 230 g/mol. The van der Waals surface area contributed by atoms with Gasteiger partial charge in [-0.15, -0.1) is 0 Å². The normalized spacial score (nSPS) is 10.3. The first kappa shape index (κ1) is 12.0. The topological polar surface area (TPSA) is 0 Å². The Bertz CT molecular complexity index is 593. The summed E-state index contributed by atoms with van der Waals surface area (Å²) in [5, 5.41) is 0. The van der Waals surface area contributed by atoms with Crippen molar-refractivity contribution < 1.29 is 0 Å². The van der Waals surface area contributed by atoms with Crippen molar-refractivity contribution in [2.45, 2.75) is 0 Å². The molecule has 0 N–H and O–H groups in total. The van der Waals surface area contributed by atoms with Crippen LogP contribution in [0.5, 0.6) is 0 Å². The predicted octanol–water partition coefficient (Wildman–Crippen LogP) is 4.42. The van der Waals surface area contributed by atoms with E-state index in [1.165, 1.54) is 0 Å². The lowest BCUT2D eigenvalue weighted by atomic mass is 10.0. The molecule has 0 saturated carbocycles. The van der Waals surface area contributed by atoms with E-state index >= 15 is 0 Å². The molecule has 2 aromatic rings. The van der Waals surface area contributed by atoms with E-state index in [4.69, 9.17) is 0 Å². The lowest BCUT2D eigenvalue weighted by Crippen LogP contribution is -1.81. The molecule has 0 bridgehead atoms. The molecule has 2 aromatic carbocycles. The molecule has 0 fully saturated rings. The molecule has 0 aliphatic heterocycles. The zero-order valence-corrected chi connectivity index (χ0v) is 10.1. The van der Waals surface area contributed by atoms with E-state index in [9.17, 15) is 0 Å². The summed E-state index contributed by atoms with van der Waals surface area (Å²) in [6.45, 7) is 3.63. The maximum atomic E-state index is 3.63. The van der Waals surface area contributed by atoms with Gasteiger partial charge in [-0.25, -0.2) is 0 Å². The molecule has 0 aliphatic rings. The minimum atomic E-state index is 1.00.